The van der Waals surface area contributed by atoms with Gasteiger partial charge in [-0.2, -0.15) is 0 Å². The summed E-state index contributed by atoms with van der Waals surface area (Å²) in [7, 11) is 2.19. The van der Waals surface area contributed by atoms with Crippen LogP contribution in [0.3, 0.4) is 0 Å². The molecule has 1 aromatic rings. The van der Waals surface area contributed by atoms with Gasteiger partial charge in [-0.15, -0.1) is 11.3 Å². The van der Waals surface area contributed by atoms with Crippen LogP contribution >= 0.6 is 11.3 Å². The van der Waals surface area contributed by atoms with Crippen molar-refractivity contribution in [1.29, 1.82) is 0 Å². The van der Waals surface area contributed by atoms with Crippen molar-refractivity contribution in [1.82, 2.24) is 15.2 Å². The summed E-state index contributed by atoms with van der Waals surface area (Å²) in [5.41, 5.74) is 1.45. The van der Waals surface area contributed by atoms with Crippen LogP contribution in [-0.4, -0.2) is 48.6 Å². The van der Waals surface area contributed by atoms with E-state index in [1.165, 1.54) is 15.7 Å². The fourth-order valence-electron chi connectivity index (χ4n) is 2.42. The Labute approximate surface area is 133 Å². The van der Waals surface area contributed by atoms with Crippen molar-refractivity contribution in [2.45, 2.75) is 52.6 Å². The summed E-state index contributed by atoms with van der Waals surface area (Å²) in [6, 6.07) is 0. The van der Waals surface area contributed by atoms with Crippen LogP contribution in [0.1, 0.15) is 44.7 Å². The van der Waals surface area contributed by atoms with E-state index in [0.29, 0.717) is 0 Å². The number of aromatic nitrogens is 1. The van der Waals surface area contributed by atoms with Crippen molar-refractivity contribution < 1.29 is 0 Å². The molecule has 0 radical (unpaired) electrons. The van der Waals surface area contributed by atoms with Gasteiger partial charge in [-0.3, -0.25) is 0 Å². The SMILES string of the molecule is CCCc1nc(N2CCN(C)CC2)sc1CNC(C)(C)C. The highest BCUT2D eigenvalue weighted by Crippen LogP contribution is 2.28. The largest absolute Gasteiger partial charge is 0.346 e. The zero-order chi connectivity index (χ0) is 15.5. The number of nitrogens with one attached hydrogen (secondary N) is 1. The summed E-state index contributed by atoms with van der Waals surface area (Å²) in [5, 5.41) is 4.82. The number of hydrogen-bond donors (Lipinski definition) is 1. The van der Waals surface area contributed by atoms with Gasteiger partial charge in [0, 0.05) is 43.1 Å². The number of nitrogens with zero attached hydrogens (tertiary/aromatic N) is 3. The maximum atomic E-state index is 4.94. The molecule has 0 spiro atoms. The molecule has 0 amide bonds. The van der Waals surface area contributed by atoms with E-state index in [-0.39, 0.29) is 5.54 Å². The maximum absolute atomic E-state index is 4.94. The van der Waals surface area contributed by atoms with E-state index in [1.807, 2.05) is 11.3 Å². The van der Waals surface area contributed by atoms with Crippen molar-refractivity contribution >= 4 is 16.5 Å². The third kappa shape index (κ3) is 4.94. The molecule has 1 saturated heterocycles. The van der Waals surface area contributed by atoms with Gasteiger partial charge in [-0.1, -0.05) is 13.3 Å². The lowest BCUT2D eigenvalue weighted by atomic mass is 10.1. The lowest BCUT2D eigenvalue weighted by Gasteiger charge is -2.32. The molecular formula is C16H30N4S. The number of thiazole rings is 1. The molecule has 5 heteroatoms. The zero-order valence-corrected chi connectivity index (χ0v) is 15.0. The zero-order valence-electron chi connectivity index (χ0n) is 14.2. The maximum Gasteiger partial charge on any atom is 0.185 e. The van der Waals surface area contributed by atoms with Gasteiger partial charge >= 0.3 is 0 Å². The molecule has 0 atom stereocenters. The van der Waals surface area contributed by atoms with Gasteiger partial charge in [-0.05, 0) is 34.2 Å². The van der Waals surface area contributed by atoms with Crippen LogP contribution in [0.25, 0.3) is 0 Å². The first kappa shape index (κ1) is 16.7. The molecule has 120 valence electrons. The standard InChI is InChI=1S/C16H30N4S/c1-6-7-13-14(12-17-16(2,3)4)21-15(18-13)20-10-8-19(5)9-11-20/h17H,6-12H2,1-5H3. The Morgan fingerprint density at radius 1 is 1.19 bits per heavy atom. The molecule has 0 saturated carbocycles. The molecule has 0 aromatic carbocycles. The fraction of sp³-hybridized carbons (Fsp3) is 0.812. The number of anilines is 1. The third-order valence-electron chi connectivity index (χ3n) is 3.81. The van der Waals surface area contributed by atoms with Crippen LogP contribution in [0, 0.1) is 0 Å². The van der Waals surface area contributed by atoms with Crippen LogP contribution < -0.4 is 10.2 Å². The minimum atomic E-state index is 0.154. The second-order valence-electron chi connectivity index (χ2n) is 7.01. The number of rotatable bonds is 5. The fourth-order valence-corrected chi connectivity index (χ4v) is 3.52. The summed E-state index contributed by atoms with van der Waals surface area (Å²) >= 11 is 1.88. The van der Waals surface area contributed by atoms with Gasteiger partial charge in [0.05, 0.1) is 5.69 Å². The number of piperazine rings is 1. The summed E-state index contributed by atoms with van der Waals surface area (Å²) in [5.74, 6) is 0. The lowest BCUT2D eigenvalue weighted by molar-refractivity contribution is 0.312. The second-order valence-corrected chi connectivity index (χ2v) is 8.07. The van der Waals surface area contributed by atoms with Crippen LogP contribution in [0.2, 0.25) is 0 Å². The average Bonchev–Trinajstić information content (AvgIpc) is 2.80. The molecule has 1 aliphatic heterocycles. The Morgan fingerprint density at radius 3 is 2.43 bits per heavy atom. The molecule has 21 heavy (non-hydrogen) atoms. The highest BCUT2D eigenvalue weighted by Gasteiger charge is 2.20. The predicted octanol–water partition coefficient (Wildman–Crippen LogP) is 2.74. The summed E-state index contributed by atoms with van der Waals surface area (Å²) < 4.78 is 0. The number of likely N-dealkylation sites (N-methyl/N-ethyl adjacent to an activating group) is 1. The Morgan fingerprint density at radius 2 is 1.86 bits per heavy atom. The van der Waals surface area contributed by atoms with E-state index in [1.54, 1.807) is 0 Å². The molecule has 0 aliphatic carbocycles. The van der Waals surface area contributed by atoms with Crippen molar-refractivity contribution in [2.75, 3.05) is 38.1 Å². The Hall–Kier alpha value is -0.650. The minimum Gasteiger partial charge on any atom is -0.346 e. The van der Waals surface area contributed by atoms with Gasteiger partial charge in [0.2, 0.25) is 0 Å². The highest BCUT2D eigenvalue weighted by molar-refractivity contribution is 7.15. The van der Waals surface area contributed by atoms with Crippen LogP contribution in [0.15, 0.2) is 0 Å². The van der Waals surface area contributed by atoms with Crippen molar-refractivity contribution in [3.05, 3.63) is 10.6 Å². The quantitative estimate of drug-likeness (QED) is 0.906. The van der Waals surface area contributed by atoms with Crippen LogP contribution in [0.4, 0.5) is 5.13 Å². The Bertz CT molecular complexity index is 442. The molecule has 0 bridgehead atoms. The van der Waals surface area contributed by atoms with E-state index in [2.05, 4.69) is 49.9 Å². The molecule has 2 rings (SSSR count). The minimum absolute atomic E-state index is 0.154. The first-order valence-corrected chi connectivity index (χ1v) is 8.88. The molecule has 0 unspecified atom stereocenters. The Kier molecular flexibility index (Phi) is 5.63. The molecule has 4 nitrogen and oxygen atoms in total. The monoisotopic (exact) mass is 310 g/mol. The van der Waals surface area contributed by atoms with Crippen molar-refractivity contribution in [3.63, 3.8) is 0 Å². The van der Waals surface area contributed by atoms with Gasteiger partial charge in [-0.25, -0.2) is 4.98 Å². The third-order valence-corrected chi connectivity index (χ3v) is 4.97. The van der Waals surface area contributed by atoms with Crippen LogP contribution in [-0.2, 0) is 13.0 Å². The van der Waals surface area contributed by atoms with E-state index >= 15 is 0 Å². The molecule has 1 fully saturated rings. The van der Waals surface area contributed by atoms with Gasteiger partial charge in [0.1, 0.15) is 0 Å². The van der Waals surface area contributed by atoms with Crippen LogP contribution in [0.5, 0.6) is 0 Å². The average molecular weight is 311 g/mol. The predicted molar refractivity (Wildman–Crippen MR) is 92.4 cm³/mol. The smallest absolute Gasteiger partial charge is 0.185 e. The normalized spacial score (nSPS) is 17.5. The molecule has 1 aromatic heterocycles. The first-order chi connectivity index (χ1) is 9.89. The molecule has 1 N–H and O–H groups in total. The molecular weight excluding hydrogens is 280 g/mol. The van der Waals surface area contributed by atoms with E-state index in [0.717, 1.165) is 45.6 Å². The van der Waals surface area contributed by atoms with Crippen molar-refractivity contribution in [2.24, 2.45) is 0 Å². The van der Waals surface area contributed by atoms with Gasteiger partial charge < -0.3 is 15.1 Å². The second kappa shape index (κ2) is 7.07. The number of hydrogen-bond acceptors (Lipinski definition) is 5. The topological polar surface area (TPSA) is 31.4 Å². The summed E-state index contributed by atoms with van der Waals surface area (Å²) in [4.78, 5) is 11.2. The summed E-state index contributed by atoms with van der Waals surface area (Å²) in [6.45, 7) is 14.3. The van der Waals surface area contributed by atoms with E-state index < -0.39 is 0 Å². The first-order valence-electron chi connectivity index (χ1n) is 8.06. The van der Waals surface area contributed by atoms with E-state index in [4.69, 9.17) is 4.98 Å². The molecule has 2 heterocycles. The lowest BCUT2D eigenvalue weighted by Crippen LogP contribution is -2.44. The van der Waals surface area contributed by atoms with Gasteiger partial charge in [0.15, 0.2) is 5.13 Å². The van der Waals surface area contributed by atoms with Gasteiger partial charge in [0.25, 0.3) is 0 Å². The van der Waals surface area contributed by atoms with E-state index in [9.17, 15) is 0 Å². The van der Waals surface area contributed by atoms with Crippen molar-refractivity contribution in [3.8, 4) is 0 Å². The molecule has 1 aliphatic rings. The summed E-state index contributed by atoms with van der Waals surface area (Å²) in [6.07, 6.45) is 2.25. The Balaban J connectivity index is 2.08. The number of aryl methyl sites for hydroxylation is 1. The highest BCUT2D eigenvalue weighted by atomic mass is 32.1.